The molecule has 2 heterocycles. The molecule has 31 heavy (non-hydrogen) atoms. The molecule has 2 aliphatic heterocycles. The number of benzene rings is 1. The minimum Gasteiger partial charge on any atom is -0.444 e. The van der Waals surface area contributed by atoms with E-state index in [9.17, 15) is 27.6 Å². The van der Waals surface area contributed by atoms with Crippen molar-refractivity contribution in [2.75, 3.05) is 49.6 Å². The van der Waals surface area contributed by atoms with Gasteiger partial charge in [-0.1, -0.05) is 0 Å². The van der Waals surface area contributed by atoms with Crippen LogP contribution in [0.1, 0.15) is 12.8 Å². The predicted molar refractivity (Wildman–Crippen MR) is 104 cm³/mol. The Kier molecular flexibility index (Phi) is 7.21. The summed E-state index contributed by atoms with van der Waals surface area (Å²) >= 11 is 0. The number of hydrogen-bond donors (Lipinski definition) is 1. The zero-order valence-corrected chi connectivity index (χ0v) is 16.9. The van der Waals surface area contributed by atoms with E-state index in [4.69, 9.17) is 9.57 Å². The maximum atomic E-state index is 14.8. The van der Waals surface area contributed by atoms with E-state index in [1.54, 1.807) is 11.0 Å². The lowest BCUT2D eigenvalue weighted by atomic mass is 10.1. The van der Waals surface area contributed by atoms with Gasteiger partial charge in [-0.3, -0.25) is 14.5 Å². The zero-order valence-electron chi connectivity index (χ0n) is 16.9. The van der Waals surface area contributed by atoms with Crippen LogP contribution in [0.3, 0.4) is 0 Å². The summed E-state index contributed by atoms with van der Waals surface area (Å²) in [5, 5.41) is 3.63. The Morgan fingerprint density at radius 1 is 1.26 bits per heavy atom. The van der Waals surface area contributed by atoms with Crippen molar-refractivity contribution in [1.29, 1.82) is 0 Å². The average molecular weight is 444 g/mol. The molecule has 1 aromatic rings. The van der Waals surface area contributed by atoms with Crippen LogP contribution in [0.5, 0.6) is 0 Å². The number of rotatable bonds is 6. The smallest absolute Gasteiger partial charge is 0.414 e. The van der Waals surface area contributed by atoms with E-state index in [1.165, 1.54) is 29.1 Å². The minimum atomic E-state index is -3.05. The summed E-state index contributed by atoms with van der Waals surface area (Å²) in [6, 6.07) is 3.86. The molecule has 0 bridgehead atoms. The lowest BCUT2D eigenvalue weighted by molar-refractivity contribution is -0.129. The number of halogens is 3. The third-order valence-electron chi connectivity index (χ3n) is 5.04. The highest BCUT2D eigenvalue weighted by molar-refractivity contribution is 5.90. The number of Topliss-reactive ketones (excluding diaryl/α,β-unsaturated/α-hetero) is 1. The normalized spacial score (nSPS) is 19.5. The molecule has 170 valence electrons. The van der Waals surface area contributed by atoms with Gasteiger partial charge in [-0.2, -0.15) is 0 Å². The van der Waals surface area contributed by atoms with Gasteiger partial charge < -0.3 is 15.0 Å². The molecule has 0 saturated carbocycles. The molecule has 0 aliphatic carbocycles. The van der Waals surface area contributed by atoms with Gasteiger partial charge in [0.15, 0.2) is 5.78 Å². The molecule has 2 aliphatic rings. The fourth-order valence-corrected chi connectivity index (χ4v) is 3.39. The summed E-state index contributed by atoms with van der Waals surface area (Å²) in [4.78, 5) is 43.1. The molecule has 0 spiro atoms. The third-order valence-corrected chi connectivity index (χ3v) is 5.04. The molecule has 0 aromatic heterocycles. The standard InChI is InChI=1S/C19H23F3N4O5/c1-23-18(28)26-7-6-24(8-9-30-26)15-4-2-12(10-14(15)20)25-11-13(31-19(25)29)3-5-16(27)17(21)22/h2,4,10,13,17H,3,5-9,11H2,1H3,(H,23,28)/t13-/m0/s1. The lowest BCUT2D eigenvalue weighted by Crippen LogP contribution is -2.39. The highest BCUT2D eigenvalue weighted by atomic mass is 19.3. The van der Waals surface area contributed by atoms with Gasteiger partial charge in [-0.15, -0.1) is 0 Å². The van der Waals surface area contributed by atoms with Crippen LogP contribution in [-0.2, 0) is 14.4 Å². The molecule has 1 aromatic carbocycles. The third kappa shape index (κ3) is 5.37. The van der Waals surface area contributed by atoms with Crippen molar-refractivity contribution < 1.29 is 37.1 Å². The molecular formula is C19H23F3N4O5. The SMILES string of the molecule is CNC(=O)N1CCN(c2ccc(N3C[C@H](CCC(=O)C(F)F)OC3=O)cc2F)CCO1. The van der Waals surface area contributed by atoms with Crippen molar-refractivity contribution in [3.05, 3.63) is 24.0 Å². The summed E-state index contributed by atoms with van der Waals surface area (Å²) in [5.41, 5.74) is 0.546. The molecule has 2 fully saturated rings. The number of ketones is 1. The van der Waals surface area contributed by atoms with Crippen molar-refractivity contribution in [3.8, 4) is 0 Å². The number of nitrogens with one attached hydrogen (secondary N) is 1. The Balaban J connectivity index is 1.63. The second-order valence-electron chi connectivity index (χ2n) is 7.04. The Bertz CT molecular complexity index is 841. The first kappa shape index (κ1) is 22.7. The highest BCUT2D eigenvalue weighted by Crippen LogP contribution is 2.29. The van der Waals surface area contributed by atoms with Crippen LogP contribution in [0.15, 0.2) is 18.2 Å². The van der Waals surface area contributed by atoms with E-state index in [0.717, 1.165) is 0 Å². The number of carbonyl (C=O) groups is 3. The molecule has 1 atom stereocenters. The molecule has 0 unspecified atom stereocenters. The van der Waals surface area contributed by atoms with Gasteiger partial charge >= 0.3 is 12.1 Å². The van der Waals surface area contributed by atoms with Gasteiger partial charge in [0, 0.05) is 26.6 Å². The molecule has 2 saturated heterocycles. The van der Waals surface area contributed by atoms with Crippen LogP contribution in [0.25, 0.3) is 0 Å². The largest absolute Gasteiger partial charge is 0.444 e. The van der Waals surface area contributed by atoms with Gasteiger partial charge in [-0.25, -0.2) is 27.8 Å². The summed E-state index contributed by atoms with van der Waals surface area (Å²) < 4.78 is 44.6. The van der Waals surface area contributed by atoms with Crippen molar-refractivity contribution in [1.82, 2.24) is 10.4 Å². The number of hydrogen-bond acceptors (Lipinski definition) is 6. The van der Waals surface area contributed by atoms with Crippen LogP contribution >= 0.6 is 0 Å². The Labute approximate surface area is 176 Å². The summed E-state index contributed by atoms with van der Waals surface area (Å²) in [5.74, 6) is -1.78. The molecule has 12 heteroatoms. The van der Waals surface area contributed by atoms with E-state index in [2.05, 4.69) is 5.32 Å². The summed E-state index contributed by atoms with van der Waals surface area (Å²) in [6.07, 6.45) is -4.94. The Hall–Kier alpha value is -3.02. The fourth-order valence-electron chi connectivity index (χ4n) is 3.39. The molecule has 9 nitrogen and oxygen atoms in total. The highest BCUT2D eigenvalue weighted by Gasteiger charge is 2.33. The second kappa shape index (κ2) is 9.86. The quantitative estimate of drug-likeness (QED) is 0.723. The number of amides is 3. The van der Waals surface area contributed by atoms with Crippen molar-refractivity contribution in [3.63, 3.8) is 0 Å². The number of hydroxylamine groups is 2. The first-order valence-corrected chi connectivity index (χ1v) is 9.75. The van der Waals surface area contributed by atoms with Crippen LogP contribution < -0.4 is 15.1 Å². The van der Waals surface area contributed by atoms with E-state index >= 15 is 0 Å². The van der Waals surface area contributed by atoms with E-state index in [0.29, 0.717) is 13.1 Å². The predicted octanol–water partition coefficient (Wildman–Crippen LogP) is 2.16. The number of carbonyl (C=O) groups excluding carboxylic acids is 3. The molecule has 3 rings (SSSR count). The number of cyclic esters (lactones) is 1. The average Bonchev–Trinajstić information content (AvgIpc) is 2.95. The topological polar surface area (TPSA) is 91.4 Å². The first-order valence-electron chi connectivity index (χ1n) is 9.75. The number of anilines is 2. The second-order valence-corrected chi connectivity index (χ2v) is 7.04. The van der Waals surface area contributed by atoms with Crippen molar-refractivity contribution >= 4 is 29.3 Å². The van der Waals surface area contributed by atoms with Crippen LogP contribution in [-0.4, -0.2) is 75.3 Å². The molecule has 0 radical (unpaired) electrons. The number of ether oxygens (including phenoxy) is 1. The summed E-state index contributed by atoms with van der Waals surface area (Å²) in [6.45, 7) is 1.16. The van der Waals surface area contributed by atoms with Gasteiger partial charge in [0.1, 0.15) is 11.9 Å². The minimum absolute atomic E-state index is 0.0262. The maximum absolute atomic E-state index is 14.8. The summed E-state index contributed by atoms with van der Waals surface area (Å²) in [7, 11) is 1.48. The Morgan fingerprint density at radius 2 is 2.03 bits per heavy atom. The fraction of sp³-hybridized carbons (Fsp3) is 0.526. The number of nitrogens with zero attached hydrogens (tertiary/aromatic N) is 3. The van der Waals surface area contributed by atoms with Crippen LogP contribution in [0.2, 0.25) is 0 Å². The van der Waals surface area contributed by atoms with Gasteiger partial charge in [0.2, 0.25) is 0 Å². The van der Waals surface area contributed by atoms with Gasteiger partial charge in [0.25, 0.3) is 6.43 Å². The van der Waals surface area contributed by atoms with Gasteiger partial charge in [0.05, 0.1) is 31.1 Å². The van der Waals surface area contributed by atoms with Crippen LogP contribution in [0.4, 0.5) is 34.1 Å². The molecule has 3 amide bonds. The molecular weight excluding hydrogens is 421 g/mol. The van der Waals surface area contributed by atoms with Crippen LogP contribution in [0, 0.1) is 5.82 Å². The van der Waals surface area contributed by atoms with Gasteiger partial charge in [-0.05, 0) is 24.6 Å². The van der Waals surface area contributed by atoms with Crippen molar-refractivity contribution in [2.24, 2.45) is 0 Å². The number of alkyl halides is 2. The zero-order chi connectivity index (χ0) is 22.5. The maximum Gasteiger partial charge on any atom is 0.414 e. The lowest BCUT2D eigenvalue weighted by Gasteiger charge is -2.23. The van der Waals surface area contributed by atoms with E-state index in [-0.39, 0.29) is 37.5 Å². The first-order chi connectivity index (χ1) is 14.8. The number of urea groups is 1. The Morgan fingerprint density at radius 3 is 2.71 bits per heavy atom. The van der Waals surface area contributed by atoms with E-state index in [1.807, 2.05) is 0 Å². The molecule has 1 N–H and O–H groups in total. The van der Waals surface area contributed by atoms with Crippen molar-refractivity contribution in [2.45, 2.75) is 25.4 Å². The van der Waals surface area contributed by atoms with E-state index < -0.39 is 42.7 Å². The monoisotopic (exact) mass is 444 g/mol.